The fourth-order valence-electron chi connectivity index (χ4n) is 2.33. The molecule has 154 valence electrons. The Morgan fingerprint density at radius 2 is 1.70 bits per heavy atom. The summed E-state index contributed by atoms with van der Waals surface area (Å²) >= 11 is 5.73. The number of hydroxylamine groups is 1. The van der Waals surface area contributed by atoms with Gasteiger partial charge in [-0.3, -0.25) is 14.4 Å². The summed E-state index contributed by atoms with van der Waals surface area (Å²) in [5.41, 5.74) is 4.18. The van der Waals surface area contributed by atoms with E-state index in [4.69, 9.17) is 16.4 Å². The zero-order valence-electron chi connectivity index (χ0n) is 17.0. The Kier molecular flexibility index (Phi) is 8.90. The summed E-state index contributed by atoms with van der Waals surface area (Å²) in [5, 5.41) is 3.14. The number of aromatic nitrogens is 1. The van der Waals surface area contributed by atoms with Crippen LogP contribution >= 0.6 is 11.6 Å². The molecule has 7 heteroatoms. The molecular formula is C23H22ClN3O3. The van der Waals surface area contributed by atoms with Gasteiger partial charge in [0.15, 0.2) is 0 Å². The molecule has 0 spiro atoms. The van der Waals surface area contributed by atoms with E-state index in [1.165, 1.54) is 0 Å². The Labute approximate surface area is 181 Å². The van der Waals surface area contributed by atoms with Gasteiger partial charge in [0.2, 0.25) is 0 Å². The number of halogens is 1. The SMILES string of the molecule is CCONC(=O)C(NC(=O)c1ccc(C#CC#Cc2ccc(Cl)nc2)cc1)C(C)C. The number of nitrogens with zero attached hydrogens (tertiary/aromatic N) is 1. The summed E-state index contributed by atoms with van der Waals surface area (Å²) in [7, 11) is 0. The molecule has 0 radical (unpaired) electrons. The lowest BCUT2D eigenvalue weighted by Gasteiger charge is -2.21. The number of nitrogens with one attached hydrogen (secondary N) is 2. The van der Waals surface area contributed by atoms with Crippen LogP contribution in [0.15, 0.2) is 42.6 Å². The van der Waals surface area contributed by atoms with Crippen LogP contribution in [0.1, 0.15) is 42.3 Å². The lowest BCUT2D eigenvalue weighted by atomic mass is 10.0. The number of carbonyl (C=O) groups is 2. The summed E-state index contributed by atoms with van der Waals surface area (Å²) < 4.78 is 0. The quantitative estimate of drug-likeness (QED) is 0.425. The molecule has 1 heterocycles. The van der Waals surface area contributed by atoms with Crippen molar-refractivity contribution in [1.82, 2.24) is 15.8 Å². The van der Waals surface area contributed by atoms with Gasteiger partial charge in [-0.25, -0.2) is 10.5 Å². The first kappa shape index (κ1) is 23.0. The molecule has 0 bridgehead atoms. The number of rotatable bonds is 6. The van der Waals surface area contributed by atoms with Gasteiger partial charge < -0.3 is 5.32 Å². The van der Waals surface area contributed by atoms with Crippen molar-refractivity contribution in [2.24, 2.45) is 5.92 Å². The van der Waals surface area contributed by atoms with Crippen molar-refractivity contribution < 1.29 is 14.4 Å². The van der Waals surface area contributed by atoms with Gasteiger partial charge in [0.25, 0.3) is 11.8 Å². The van der Waals surface area contributed by atoms with Gasteiger partial charge in [-0.1, -0.05) is 37.3 Å². The monoisotopic (exact) mass is 423 g/mol. The summed E-state index contributed by atoms with van der Waals surface area (Å²) in [6, 6.07) is 9.45. The molecule has 0 saturated carbocycles. The molecule has 0 aliphatic heterocycles. The van der Waals surface area contributed by atoms with Crippen LogP contribution in [0.4, 0.5) is 0 Å². The van der Waals surface area contributed by atoms with E-state index in [9.17, 15) is 9.59 Å². The summed E-state index contributed by atoms with van der Waals surface area (Å²) in [5.74, 6) is 10.4. The Hall–Kier alpha value is -3.32. The van der Waals surface area contributed by atoms with Crippen molar-refractivity contribution in [3.05, 3.63) is 64.4 Å². The maximum absolute atomic E-state index is 12.5. The minimum Gasteiger partial charge on any atom is -0.340 e. The lowest BCUT2D eigenvalue weighted by molar-refractivity contribution is -0.136. The van der Waals surface area contributed by atoms with Crippen LogP contribution in [0.3, 0.4) is 0 Å². The smallest absolute Gasteiger partial charge is 0.266 e. The molecular weight excluding hydrogens is 402 g/mol. The third kappa shape index (κ3) is 7.25. The second-order valence-corrected chi connectivity index (χ2v) is 6.93. The van der Waals surface area contributed by atoms with E-state index in [1.807, 2.05) is 13.8 Å². The van der Waals surface area contributed by atoms with Crippen molar-refractivity contribution in [2.45, 2.75) is 26.8 Å². The van der Waals surface area contributed by atoms with Crippen LogP contribution in [-0.4, -0.2) is 29.4 Å². The van der Waals surface area contributed by atoms with Crippen molar-refractivity contribution in [1.29, 1.82) is 0 Å². The number of carbonyl (C=O) groups excluding carboxylic acids is 2. The number of hydrogen-bond acceptors (Lipinski definition) is 4. The predicted octanol–water partition coefficient (Wildman–Crippen LogP) is 2.96. The van der Waals surface area contributed by atoms with Crippen molar-refractivity contribution in [2.75, 3.05) is 6.61 Å². The fraction of sp³-hybridized carbons (Fsp3) is 0.261. The summed E-state index contributed by atoms with van der Waals surface area (Å²) in [4.78, 5) is 33.5. The Morgan fingerprint density at radius 3 is 2.27 bits per heavy atom. The minimum absolute atomic E-state index is 0.103. The van der Waals surface area contributed by atoms with E-state index in [0.29, 0.717) is 28.5 Å². The second-order valence-electron chi connectivity index (χ2n) is 6.54. The second kappa shape index (κ2) is 11.6. The van der Waals surface area contributed by atoms with Gasteiger partial charge in [0, 0.05) is 22.9 Å². The van der Waals surface area contributed by atoms with E-state index in [1.54, 1.807) is 49.5 Å². The van der Waals surface area contributed by atoms with Crippen LogP contribution in [-0.2, 0) is 9.63 Å². The maximum atomic E-state index is 12.5. The highest BCUT2D eigenvalue weighted by molar-refractivity contribution is 6.29. The van der Waals surface area contributed by atoms with Crippen LogP contribution in [0, 0.1) is 29.6 Å². The largest absolute Gasteiger partial charge is 0.340 e. The topological polar surface area (TPSA) is 80.3 Å². The molecule has 2 amide bonds. The van der Waals surface area contributed by atoms with Gasteiger partial charge in [-0.05, 0) is 61.1 Å². The van der Waals surface area contributed by atoms with E-state index >= 15 is 0 Å². The molecule has 1 aromatic heterocycles. The number of amides is 2. The van der Waals surface area contributed by atoms with Gasteiger partial charge in [0.1, 0.15) is 11.2 Å². The van der Waals surface area contributed by atoms with Crippen LogP contribution in [0.2, 0.25) is 5.15 Å². The zero-order valence-corrected chi connectivity index (χ0v) is 17.7. The van der Waals surface area contributed by atoms with E-state index in [2.05, 4.69) is 39.5 Å². The van der Waals surface area contributed by atoms with Gasteiger partial charge in [-0.15, -0.1) is 0 Å². The van der Waals surface area contributed by atoms with Gasteiger partial charge in [-0.2, -0.15) is 0 Å². The van der Waals surface area contributed by atoms with Gasteiger partial charge >= 0.3 is 0 Å². The molecule has 2 aromatic rings. The third-order valence-electron chi connectivity index (χ3n) is 3.90. The van der Waals surface area contributed by atoms with Crippen LogP contribution in [0.5, 0.6) is 0 Å². The first-order valence-corrected chi connectivity index (χ1v) is 9.74. The standard InChI is InChI=1S/C23H22ClN3O3/c1-4-30-27-23(29)21(16(2)3)26-22(28)19-12-9-17(10-13-19)7-5-6-8-18-11-14-20(24)25-15-18/h9-16,21H,4H2,1-3H3,(H,26,28)(H,27,29). The summed E-state index contributed by atoms with van der Waals surface area (Å²) in [6.07, 6.45) is 1.57. The first-order valence-electron chi connectivity index (χ1n) is 9.37. The molecule has 0 saturated heterocycles. The molecule has 30 heavy (non-hydrogen) atoms. The highest BCUT2D eigenvalue weighted by atomic mass is 35.5. The molecule has 1 unspecified atom stereocenters. The number of pyridine rings is 1. The lowest BCUT2D eigenvalue weighted by Crippen LogP contribution is -2.49. The maximum Gasteiger partial charge on any atom is 0.266 e. The minimum atomic E-state index is -0.707. The Morgan fingerprint density at radius 1 is 1.07 bits per heavy atom. The molecule has 6 nitrogen and oxygen atoms in total. The number of hydrogen-bond donors (Lipinski definition) is 2. The van der Waals surface area contributed by atoms with E-state index in [-0.39, 0.29) is 11.8 Å². The third-order valence-corrected chi connectivity index (χ3v) is 4.13. The Bertz CT molecular complexity index is 994. The van der Waals surface area contributed by atoms with Crippen molar-refractivity contribution in [3.8, 4) is 23.7 Å². The van der Waals surface area contributed by atoms with Gasteiger partial charge in [0.05, 0.1) is 6.61 Å². The van der Waals surface area contributed by atoms with Crippen LogP contribution < -0.4 is 10.8 Å². The Balaban J connectivity index is 2.00. The molecule has 0 aliphatic rings. The highest BCUT2D eigenvalue weighted by Gasteiger charge is 2.24. The molecule has 2 N–H and O–H groups in total. The molecule has 2 rings (SSSR count). The summed E-state index contributed by atoms with van der Waals surface area (Å²) in [6.45, 7) is 5.79. The average Bonchev–Trinajstić information content (AvgIpc) is 2.74. The fourth-order valence-corrected chi connectivity index (χ4v) is 2.44. The predicted molar refractivity (Wildman–Crippen MR) is 115 cm³/mol. The number of benzene rings is 1. The zero-order chi connectivity index (χ0) is 21.9. The molecule has 1 aromatic carbocycles. The van der Waals surface area contributed by atoms with E-state index in [0.717, 1.165) is 0 Å². The molecule has 0 aliphatic carbocycles. The molecule has 1 atom stereocenters. The van der Waals surface area contributed by atoms with Crippen molar-refractivity contribution in [3.63, 3.8) is 0 Å². The van der Waals surface area contributed by atoms with Crippen LogP contribution in [0.25, 0.3) is 0 Å². The normalized spacial score (nSPS) is 10.8. The highest BCUT2D eigenvalue weighted by Crippen LogP contribution is 2.07. The van der Waals surface area contributed by atoms with E-state index < -0.39 is 11.9 Å². The first-order chi connectivity index (χ1) is 14.4. The average molecular weight is 424 g/mol. The van der Waals surface area contributed by atoms with Crippen molar-refractivity contribution >= 4 is 23.4 Å². The molecule has 0 fully saturated rings.